The van der Waals surface area contributed by atoms with E-state index in [1.165, 1.54) is 7.11 Å². The van der Waals surface area contributed by atoms with Crippen molar-refractivity contribution >= 4 is 24.9 Å². The summed E-state index contributed by atoms with van der Waals surface area (Å²) in [5.41, 5.74) is 3.17. The lowest BCUT2D eigenvalue weighted by molar-refractivity contribution is -0.146. The highest BCUT2D eigenvalue weighted by atomic mass is 28.3. The lowest BCUT2D eigenvalue weighted by Crippen LogP contribution is -2.30. The topological polar surface area (TPSA) is 64.2 Å². The molecule has 0 unspecified atom stereocenters. The van der Waals surface area contributed by atoms with E-state index in [-0.39, 0.29) is 11.9 Å². The molecule has 3 rings (SSSR count). The Morgan fingerprint density at radius 2 is 2.04 bits per heavy atom. The van der Waals surface area contributed by atoms with Crippen molar-refractivity contribution in [3.8, 4) is 6.07 Å². The highest BCUT2D eigenvalue weighted by Gasteiger charge is 2.41. The van der Waals surface area contributed by atoms with Gasteiger partial charge in [0.05, 0.1) is 30.5 Å². The van der Waals surface area contributed by atoms with Gasteiger partial charge in [-0.3, -0.25) is 4.79 Å². The Morgan fingerprint density at radius 1 is 1.32 bits per heavy atom. The standard InChI is InChI=1S/C22H30N2O3Si/c1-15-12-17(22(25)26-2)18(13-23)20-16-8-6-7-9-19(16)24(21(15)20)14-27-10-11-28(3,4)5/h6-9,15,17-18H,10-12,14H2,1-5H3/t15-,17-,18-/m1/s1. The van der Waals surface area contributed by atoms with Gasteiger partial charge in [-0.25, -0.2) is 0 Å². The van der Waals surface area contributed by atoms with Crippen molar-refractivity contribution in [1.29, 1.82) is 5.26 Å². The lowest BCUT2D eigenvalue weighted by Gasteiger charge is -2.31. The number of nitrogens with zero attached hydrogens (tertiary/aromatic N) is 2. The molecule has 1 aromatic heterocycles. The molecule has 6 heteroatoms. The number of para-hydroxylation sites is 1. The molecule has 0 amide bonds. The van der Waals surface area contributed by atoms with Gasteiger partial charge in [0.1, 0.15) is 6.73 Å². The zero-order valence-corrected chi connectivity index (χ0v) is 18.5. The molecule has 0 radical (unpaired) electrons. The van der Waals surface area contributed by atoms with Crippen LogP contribution in [0.5, 0.6) is 0 Å². The number of methoxy groups -OCH3 is 1. The van der Waals surface area contributed by atoms with Crippen LogP contribution in [-0.4, -0.2) is 32.3 Å². The number of esters is 1. The fraction of sp³-hybridized carbons (Fsp3) is 0.545. The summed E-state index contributed by atoms with van der Waals surface area (Å²) in [5, 5.41) is 11.0. The van der Waals surface area contributed by atoms with Gasteiger partial charge in [-0.05, 0) is 30.0 Å². The van der Waals surface area contributed by atoms with Crippen LogP contribution in [0.2, 0.25) is 25.7 Å². The minimum Gasteiger partial charge on any atom is -0.469 e. The minimum atomic E-state index is -1.15. The lowest BCUT2D eigenvalue weighted by atomic mass is 9.73. The monoisotopic (exact) mass is 398 g/mol. The maximum atomic E-state index is 12.3. The smallest absolute Gasteiger partial charge is 0.310 e. The first-order valence-electron chi connectivity index (χ1n) is 9.94. The molecule has 0 bridgehead atoms. The third kappa shape index (κ3) is 3.87. The number of fused-ring (bicyclic) bond motifs is 3. The zero-order valence-electron chi connectivity index (χ0n) is 17.5. The Morgan fingerprint density at radius 3 is 2.68 bits per heavy atom. The highest BCUT2D eigenvalue weighted by Crippen LogP contribution is 2.47. The van der Waals surface area contributed by atoms with Crippen molar-refractivity contribution in [3.63, 3.8) is 0 Å². The van der Waals surface area contributed by atoms with Crippen LogP contribution in [0.1, 0.15) is 36.4 Å². The number of benzene rings is 1. The van der Waals surface area contributed by atoms with E-state index in [4.69, 9.17) is 9.47 Å². The number of ether oxygens (including phenoxy) is 2. The normalized spacial score (nSPS) is 21.9. The molecule has 0 saturated carbocycles. The summed E-state index contributed by atoms with van der Waals surface area (Å²) < 4.78 is 13.3. The summed E-state index contributed by atoms with van der Waals surface area (Å²) in [6.07, 6.45) is 0.614. The average Bonchev–Trinajstić information content (AvgIpc) is 2.99. The molecule has 0 saturated heterocycles. The molecule has 1 aliphatic carbocycles. The van der Waals surface area contributed by atoms with E-state index in [0.29, 0.717) is 13.2 Å². The average molecular weight is 399 g/mol. The van der Waals surface area contributed by atoms with Gasteiger partial charge in [0, 0.05) is 25.8 Å². The molecule has 5 nitrogen and oxygen atoms in total. The summed E-state index contributed by atoms with van der Waals surface area (Å²) >= 11 is 0. The Balaban J connectivity index is 2.02. The summed E-state index contributed by atoms with van der Waals surface area (Å²) in [7, 11) is 0.249. The van der Waals surface area contributed by atoms with Crippen LogP contribution in [0.25, 0.3) is 10.9 Å². The molecule has 0 N–H and O–H groups in total. The number of hydrogen-bond acceptors (Lipinski definition) is 4. The van der Waals surface area contributed by atoms with Crippen molar-refractivity contribution in [3.05, 3.63) is 35.5 Å². The van der Waals surface area contributed by atoms with Crippen molar-refractivity contribution in [2.75, 3.05) is 13.7 Å². The van der Waals surface area contributed by atoms with E-state index in [1.807, 2.05) is 18.2 Å². The zero-order chi connectivity index (χ0) is 20.5. The fourth-order valence-electron chi connectivity index (χ4n) is 4.25. The van der Waals surface area contributed by atoms with E-state index < -0.39 is 19.9 Å². The van der Waals surface area contributed by atoms with Gasteiger partial charge in [0.2, 0.25) is 0 Å². The molecular formula is C22H30N2O3Si. The first kappa shape index (κ1) is 20.6. The van der Waals surface area contributed by atoms with Gasteiger partial charge in [0.25, 0.3) is 0 Å². The van der Waals surface area contributed by atoms with E-state index in [2.05, 4.69) is 43.3 Å². The predicted octanol–water partition coefficient (Wildman–Crippen LogP) is 4.86. The molecule has 28 heavy (non-hydrogen) atoms. The van der Waals surface area contributed by atoms with Crippen LogP contribution in [0.4, 0.5) is 0 Å². The van der Waals surface area contributed by atoms with Crippen LogP contribution in [0.15, 0.2) is 24.3 Å². The molecule has 1 aromatic carbocycles. The second-order valence-electron chi connectivity index (χ2n) is 8.97. The van der Waals surface area contributed by atoms with Gasteiger partial charge in [-0.1, -0.05) is 44.8 Å². The van der Waals surface area contributed by atoms with Crippen LogP contribution < -0.4 is 0 Å². The van der Waals surface area contributed by atoms with Gasteiger partial charge in [0.15, 0.2) is 0 Å². The quantitative estimate of drug-likeness (QED) is 0.396. The third-order valence-corrected chi connectivity index (χ3v) is 7.40. The number of carbonyl (C=O) groups excluding carboxylic acids is 1. The molecule has 0 aliphatic heterocycles. The summed E-state index contributed by atoms with van der Waals surface area (Å²) in [6, 6.07) is 11.6. The third-order valence-electron chi connectivity index (χ3n) is 5.70. The van der Waals surface area contributed by atoms with E-state index >= 15 is 0 Å². The van der Waals surface area contributed by atoms with Gasteiger partial charge in [-0.2, -0.15) is 5.26 Å². The summed E-state index contributed by atoms with van der Waals surface area (Å²) in [4.78, 5) is 12.3. The van der Waals surface area contributed by atoms with Crippen molar-refractivity contribution < 1.29 is 14.3 Å². The van der Waals surface area contributed by atoms with E-state index in [0.717, 1.165) is 34.8 Å². The van der Waals surface area contributed by atoms with Crippen LogP contribution in [0, 0.1) is 17.2 Å². The minimum absolute atomic E-state index is 0.150. The summed E-state index contributed by atoms with van der Waals surface area (Å²) in [6.45, 7) is 10.4. The Hall–Kier alpha value is -2.10. The molecule has 3 atom stereocenters. The van der Waals surface area contributed by atoms with E-state index in [9.17, 15) is 10.1 Å². The second-order valence-corrected chi connectivity index (χ2v) is 14.6. The first-order chi connectivity index (χ1) is 13.3. The highest BCUT2D eigenvalue weighted by molar-refractivity contribution is 6.76. The van der Waals surface area contributed by atoms with Crippen molar-refractivity contribution in [2.45, 2.75) is 57.6 Å². The number of nitriles is 1. The molecular weight excluding hydrogens is 368 g/mol. The van der Waals surface area contributed by atoms with Crippen LogP contribution >= 0.6 is 0 Å². The van der Waals surface area contributed by atoms with Gasteiger partial charge in [-0.15, -0.1) is 0 Å². The Labute approximate surface area is 168 Å². The summed E-state index contributed by atoms with van der Waals surface area (Å²) in [5.74, 6) is -1.07. The first-order valence-corrected chi connectivity index (χ1v) is 13.7. The van der Waals surface area contributed by atoms with Crippen LogP contribution in [0.3, 0.4) is 0 Å². The molecule has 1 heterocycles. The Bertz CT molecular complexity index is 907. The van der Waals surface area contributed by atoms with Crippen LogP contribution in [-0.2, 0) is 21.0 Å². The maximum absolute atomic E-state index is 12.3. The van der Waals surface area contributed by atoms with Gasteiger partial charge < -0.3 is 14.0 Å². The fourth-order valence-corrected chi connectivity index (χ4v) is 5.01. The Kier molecular flexibility index (Phi) is 5.97. The predicted molar refractivity (Wildman–Crippen MR) is 113 cm³/mol. The van der Waals surface area contributed by atoms with Crippen molar-refractivity contribution in [1.82, 2.24) is 4.57 Å². The number of carbonyl (C=O) groups is 1. The van der Waals surface area contributed by atoms with Gasteiger partial charge >= 0.3 is 5.97 Å². The molecule has 0 fully saturated rings. The molecule has 2 aromatic rings. The van der Waals surface area contributed by atoms with E-state index in [1.54, 1.807) is 0 Å². The van der Waals surface area contributed by atoms with Crippen molar-refractivity contribution in [2.24, 2.45) is 5.92 Å². The number of rotatable bonds is 6. The SMILES string of the molecule is COC(=O)[C@@H]1C[C@@H](C)c2c(c3ccccc3n2COCC[Si](C)(C)C)[C@@H]1C#N. The molecule has 1 aliphatic rings. The molecule has 150 valence electrons. The number of aromatic nitrogens is 1. The molecule has 0 spiro atoms. The maximum Gasteiger partial charge on any atom is 0.310 e. The second kappa shape index (κ2) is 8.10. The number of hydrogen-bond donors (Lipinski definition) is 0. The largest absolute Gasteiger partial charge is 0.469 e.